The summed E-state index contributed by atoms with van der Waals surface area (Å²) in [6.07, 6.45) is 18.7. The monoisotopic (exact) mass is 353 g/mol. The van der Waals surface area contributed by atoms with E-state index in [2.05, 4.69) is 37.0 Å². The Labute approximate surface area is 161 Å². The highest BCUT2D eigenvalue weighted by Gasteiger charge is 2.25. The van der Waals surface area contributed by atoms with Crippen LogP contribution in [0.1, 0.15) is 87.8 Å². The standard InChI is InChI=1S/C25H39N/c1-3-22-15-14-21(18-23(22)4-2)19-24-12-8-9-13-25(24)26-17-16-20-10-6-5-7-11-20/h3,14-15,18,20,24-26H,1,4-13,16-17,19H2,2H3. The summed E-state index contributed by atoms with van der Waals surface area (Å²) >= 11 is 0. The van der Waals surface area contributed by atoms with E-state index in [1.165, 1.54) is 93.9 Å². The number of rotatable bonds is 8. The summed E-state index contributed by atoms with van der Waals surface area (Å²) in [6.45, 7) is 7.45. The van der Waals surface area contributed by atoms with Gasteiger partial charge in [0.25, 0.3) is 0 Å². The fourth-order valence-electron chi connectivity index (χ4n) is 5.26. The van der Waals surface area contributed by atoms with Crippen LogP contribution in [0.15, 0.2) is 24.8 Å². The van der Waals surface area contributed by atoms with Gasteiger partial charge in [-0.15, -0.1) is 0 Å². The van der Waals surface area contributed by atoms with Crippen LogP contribution in [0.5, 0.6) is 0 Å². The van der Waals surface area contributed by atoms with E-state index in [1.54, 1.807) is 0 Å². The minimum atomic E-state index is 0.733. The smallest absolute Gasteiger partial charge is 0.00985 e. The SMILES string of the molecule is C=Cc1ccc(CC2CCCCC2NCCC2CCCCC2)cc1CC. The summed E-state index contributed by atoms with van der Waals surface area (Å²) in [7, 11) is 0. The second kappa shape index (κ2) is 10.3. The lowest BCUT2D eigenvalue weighted by Crippen LogP contribution is -2.40. The molecule has 26 heavy (non-hydrogen) atoms. The second-order valence-electron chi connectivity index (χ2n) is 8.69. The van der Waals surface area contributed by atoms with Crippen molar-refractivity contribution in [3.05, 3.63) is 41.5 Å². The second-order valence-corrected chi connectivity index (χ2v) is 8.69. The molecule has 3 rings (SSSR count). The first-order valence-electron chi connectivity index (χ1n) is 11.3. The summed E-state index contributed by atoms with van der Waals surface area (Å²) in [5.41, 5.74) is 4.29. The molecule has 1 aromatic carbocycles. The molecule has 2 aliphatic rings. The Morgan fingerprint density at radius 1 is 1.04 bits per heavy atom. The Morgan fingerprint density at radius 3 is 2.58 bits per heavy atom. The van der Waals surface area contributed by atoms with Gasteiger partial charge in [0.05, 0.1) is 0 Å². The maximum atomic E-state index is 3.97. The van der Waals surface area contributed by atoms with Crippen LogP contribution in [0.2, 0.25) is 0 Å². The molecule has 2 atom stereocenters. The van der Waals surface area contributed by atoms with Gasteiger partial charge in [0.2, 0.25) is 0 Å². The van der Waals surface area contributed by atoms with Gasteiger partial charge in [-0.05, 0) is 67.2 Å². The molecule has 2 unspecified atom stereocenters. The van der Waals surface area contributed by atoms with E-state index in [0.717, 1.165) is 24.3 Å². The number of benzene rings is 1. The van der Waals surface area contributed by atoms with Crippen LogP contribution in [-0.2, 0) is 12.8 Å². The third-order valence-electron chi connectivity index (χ3n) is 6.90. The summed E-state index contributed by atoms with van der Waals surface area (Å²) in [5, 5.41) is 3.97. The zero-order chi connectivity index (χ0) is 18.2. The lowest BCUT2D eigenvalue weighted by molar-refractivity contribution is 0.248. The lowest BCUT2D eigenvalue weighted by atomic mass is 9.80. The molecule has 2 saturated carbocycles. The number of hydrogen-bond acceptors (Lipinski definition) is 1. The topological polar surface area (TPSA) is 12.0 Å². The van der Waals surface area contributed by atoms with Crippen molar-refractivity contribution in [2.45, 2.75) is 90.0 Å². The zero-order valence-electron chi connectivity index (χ0n) is 16.9. The quantitative estimate of drug-likeness (QED) is 0.558. The number of nitrogens with one attached hydrogen (secondary N) is 1. The van der Waals surface area contributed by atoms with Crippen LogP contribution in [0, 0.1) is 11.8 Å². The van der Waals surface area contributed by atoms with E-state index in [0.29, 0.717) is 0 Å². The molecule has 144 valence electrons. The molecule has 0 aliphatic heterocycles. The molecule has 0 radical (unpaired) electrons. The van der Waals surface area contributed by atoms with Crippen LogP contribution in [0.4, 0.5) is 0 Å². The highest BCUT2D eigenvalue weighted by atomic mass is 14.9. The Hall–Kier alpha value is -1.08. The van der Waals surface area contributed by atoms with Gasteiger partial charge in [0, 0.05) is 6.04 Å². The Kier molecular flexibility index (Phi) is 7.80. The first-order chi connectivity index (χ1) is 12.8. The third-order valence-corrected chi connectivity index (χ3v) is 6.90. The predicted octanol–water partition coefficient (Wildman–Crippen LogP) is 6.55. The first kappa shape index (κ1) is 19.7. The van der Waals surface area contributed by atoms with E-state index < -0.39 is 0 Å². The van der Waals surface area contributed by atoms with Gasteiger partial charge in [-0.1, -0.05) is 82.7 Å². The van der Waals surface area contributed by atoms with Gasteiger partial charge in [-0.25, -0.2) is 0 Å². The van der Waals surface area contributed by atoms with E-state index in [4.69, 9.17) is 0 Å². The molecule has 0 bridgehead atoms. The minimum absolute atomic E-state index is 0.733. The third kappa shape index (κ3) is 5.46. The van der Waals surface area contributed by atoms with Gasteiger partial charge < -0.3 is 5.32 Å². The van der Waals surface area contributed by atoms with Crippen LogP contribution in [0.25, 0.3) is 6.08 Å². The predicted molar refractivity (Wildman–Crippen MR) is 115 cm³/mol. The molecule has 0 heterocycles. The average Bonchev–Trinajstić information content (AvgIpc) is 2.70. The minimum Gasteiger partial charge on any atom is -0.314 e. The fourth-order valence-corrected chi connectivity index (χ4v) is 5.26. The average molecular weight is 354 g/mol. The van der Waals surface area contributed by atoms with Gasteiger partial charge >= 0.3 is 0 Å². The van der Waals surface area contributed by atoms with Gasteiger partial charge in [-0.3, -0.25) is 0 Å². The van der Waals surface area contributed by atoms with Crippen LogP contribution >= 0.6 is 0 Å². The molecule has 1 N–H and O–H groups in total. The first-order valence-corrected chi connectivity index (χ1v) is 11.3. The van der Waals surface area contributed by atoms with Crippen molar-refractivity contribution in [1.82, 2.24) is 5.32 Å². The van der Waals surface area contributed by atoms with E-state index >= 15 is 0 Å². The molecule has 1 heteroatoms. The lowest BCUT2D eigenvalue weighted by Gasteiger charge is -2.33. The summed E-state index contributed by atoms with van der Waals surface area (Å²) in [5.74, 6) is 1.81. The van der Waals surface area contributed by atoms with Crippen molar-refractivity contribution in [2.24, 2.45) is 11.8 Å². The summed E-state index contributed by atoms with van der Waals surface area (Å²) < 4.78 is 0. The maximum absolute atomic E-state index is 3.97. The summed E-state index contributed by atoms with van der Waals surface area (Å²) in [6, 6.07) is 7.78. The van der Waals surface area contributed by atoms with Gasteiger partial charge in [-0.2, -0.15) is 0 Å². The molecule has 0 aromatic heterocycles. The Morgan fingerprint density at radius 2 is 1.81 bits per heavy atom. The van der Waals surface area contributed by atoms with Crippen molar-refractivity contribution >= 4 is 6.08 Å². The maximum Gasteiger partial charge on any atom is 0.00985 e. The Bertz CT molecular complexity index is 555. The van der Waals surface area contributed by atoms with Gasteiger partial charge in [0.1, 0.15) is 0 Å². The van der Waals surface area contributed by atoms with Crippen molar-refractivity contribution in [3.8, 4) is 0 Å². The molecule has 0 spiro atoms. The van der Waals surface area contributed by atoms with E-state index in [1.807, 2.05) is 6.08 Å². The van der Waals surface area contributed by atoms with Crippen molar-refractivity contribution in [3.63, 3.8) is 0 Å². The largest absolute Gasteiger partial charge is 0.314 e. The molecule has 1 nitrogen and oxygen atoms in total. The Balaban J connectivity index is 1.53. The highest BCUT2D eigenvalue weighted by molar-refractivity contribution is 5.53. The molecule has 0 amide bonds. The molecule has 2 aliphatic carbocycles. The van der Waals surface area contributed by atoms with Crippen molar-refractivity contribution in [2.75, 3.05) is 6.54 Å². The molecule has 2 fully saturated rings. The van der Waals surface area contributed by atoms with Crippen LogP contribution < -0.4 is 5.32 Å². The number of hydrogen-bond donors (Lipinski definition) is 1. The van der Waals surface area contributed by atoms with Crippen molar-refractivity contribution in [1.29, 1.82) is 0 Å². The van der Waals surface area contributed by atoms with E-state index in [-0.39, 0.29) is 0 Å². The van der Waals surface area contributed by atoms with E-state index in [9.17, 15) is 0 Å². The molecular formula is C25H39N. The highest BCUT2D eigenvalue weighted by Crippen LogP contribution is 2.30. The number of aryl methyl sites for hydroxylation is 1. The van der Waals surface area contributed by atoms with Crippen molar-refractivity contribution < 1.29 is 0 Å². The van der Waals surface area contributed by atoms with Crippen LogP contribution in [0.3, 0.4) is 0 Å². The molecular weight excluding hydrogens is 314 g/mol. The molecule has 1 aromatic rings. The fraction of sp³-hybridized carbons (Fsp3) is 0.680. The normalized spacial score (nSPS) is 24.5. The van der Waals surface area contributed by atoms with Gasteiger partial charge in [0.15, 0.2) is 0 Å². The zero-order valence-corrected chi connectivity index (χ0v) is 16.9. The van der Waals surface area contributed by atoms with Crippen LogP contribution in [-0.4, -0.2) is 12.6 Å². The molecule has 0 saturated heterocycles. The summed E-state index contributed by atoms with van der Waals surface area (Å²) in [4.78, 5) is 0.